The third-order valence-electron chi connectivity index (χ3n) is 5.38. The van der Waals surface area contributed by atoms with Crippen molar-refractivity contribution in [1.29, 1.82) is 0 Å². The van der Waals surface area contributed by atoms with Crippen LogP contribution in [0.15, 0.2) is 18.2 Å². The number of carbonyl (C=O) groups is 2. The molecule has 0 radical (unpaired) electrons. The zero-order valence-electron chi connectivity index (χ0n) is 19.8. The molecule has 0 bridgehead atoms. The van der Waals surface area contributed by atoms with Gasteiger partial charge in [0.2, 0.25) is 11.7 Å². The Morgan fingerprint density at radius 3 is 2.44 bits per heavy atom. The van der Waals surface area contributed by atoms with Crippen molar-refractivity contribution >= 4 is 23.6 Å². The third-order valence-corrected chi connectivity index (χ3v) is 5.70. The van der Waals surface area contributed by atoms with Crippen LogP contribution in [0.3, 0.4) is 0 Å². The molecule has 7 nitrogen and oxygen atoms in total. The van der Waals surface area contributed by atoms with Gasteiger partial charge in [-0.2, -0.15) is 13.2 Å². The number of alkyl halides is 3. The molecule has 3 rings (SSSR count). The van der Waals surface area contributed by atoms with E-state index in [1.165, 1.54) is 6.92 Å². The van der Waals surface area contributed by atoms with E-state index in [4.69, 9.17) is 16.3 Å². The van der Waals surface area contributed by atoms with E-state index in [2.05, 4.69) is 15.3 Å². The zero-order chi connectivity index (χ0) is 27.0. The number of hydrogen-bond donors (Lipinski definition) is 1. The number of fused-ring (bicyclic) bond motifs is 1. The molecule has 1 unspecified atom stereocenters. The highest BCUT2D eigenvalue weighted by molar-refractivity contribution is 6.30. The summed E-state index contributed by atoms with van der Waals surface area (Å²) in [5, 5.41) is 2.10. The van der Waals surface area contributed by atoms with Crippen LogP contribution in [-0.2, 0) is 28.7 Å². The second-order valence-electron chi connectivity index (χ2n) is 9.35. The molecule has 2 atom stereocenters. The molecule has 1 N–H and O–H groups in total. The minimum Gasteiger partial charge on any atom is -0.444 e. The normalized spacial score (nSPS) is 15.7. The number of benzene rings is 1. The van der Waals surface area contributed by atoms with E-state index in [-0.39, 0.29) is 41.5 Å². The predicted molar refractivity (Wildman–Crippen MR) is 119 cm³/mol. The molecule has 2 amide bonds. The molecule has 196 valence electrons. The fourth-order valence-electron chi connectivity index (χ4n) is 3.84. The molecule has 1 aliphatic rings. The molecule has 2 aromatic rings. The average molecular weight is 535 g/mol. The van der Waals surface area contributed by atoms with E-state index in [1.54, 1.807) is 20.8 Å². The monoisotopic (exact) mass is 534 g/mol. The fourth-order valence-corrected chi connectivity index (χ4v) is 4.13. The molecular weight excluding hydrogens is 511 g/mol. The standard InChI is InChI=1S/C23H24ClF5N4O3/c1-11(30-21(35)36-22(2,3)4)17(14-9-12(25)5-6-15(14)26)19(34)33-8-7-13-16(10-33)31-20(23(27,28)29)32-18(13)24/h5-6,9,11,17H,7-8,10H2,1-4H3,(H,30,35)/t11-,17?/m1/s1. The van der Waals surface area contributed by atoms with Crippen molar-refractivity contribution in [1.82, 2.24) is 20.2 Å². The topological polar surface area (TPSA) is 84.4 Å². The van der Waals surface area contributed by atoms with E-state index in [0.29, 0.717) is 0 Å². The van der Waals surface area contributed by atoms with Gasteiger partial charge < -0.3 is 15.0 Å². The molecule has 2 heterocycles. The van der Waals surface area contributed by atoms with E-state index in [1.807, 2.05) is 0 Å². The van der Waals surface area contributed by atoms with E-state index < -0.39 is 53.2 Å². The van der Waals surface area contributed by atoms with Gasteiger partial charge in [0, 0.05) is 23.7 Å². The summed E-state index contributed by atoms with van der Waals surface area (Å²) in [6.07, 6.45) is -5.70. The lowest BCUT2D eigenvalue weighted by Gasteiger charge is -2.34. The summed E-state index contributed by atoms with van der Waals surface area (Å²) in [5.74, 6) is -5.33. The van der Waals surface area contributed by atoms with Crippen LogP contribution >= 0.6 is 11.6 Å². The summed E-state index contributed by atoms with van der Waals surface area (Å²) < 4.78 is 73.5. The van der Waals surface area contributed by atoms with Gasteiger partial charge in [-0.25, -0.2) is 23.5 Å². The molecular formula is C23H24ClF5N4O3. The van der Waals surface area contributed by atoms with Crippen LogP contribution in [-0.4, -0.2) is 45.1 Å². The van der Waals surface area contributed by atoms with Gasteiger partial charge in [-0.3, -0.25) is 4.79 Å². The van der Waals surface area contributed by atoms with Crippen LogP contribution < -0.4 is 5.32 Å². The van der Waals surface area contributed by atoms with Crippen molar-refractivity contribution in [3.05, 3.63) is 57.6 Å². The van der Waals surface area contributed by atoms with Gasteiger partial charge >= 0.3 is 12.3 Å². The Balaban J connectivity index is 1.96. The summed E-state index contributed by atoms with van der Waals surface area (Å²) in [6.45, 7) is 5.92. The number of amides is 2. The van der Waals surface area contributed by atoms with Crippen molar-refractivity contribution in [2.75, 3.05) is 6.54 Å². The Labute approximate surface area is 209 Å². The van der Waals surface area contributed by atoms with E-state index in [9.17, 15) is 31.5 Å². The highest BCUT2D eigenvalue weighted by Gasteiger charge is 2.39. The van der Waals surface area contributed by atoms with Gasteiger partial charge in [0.15, 0.2) is 0 Å². The number of nitrogens with zero attached hydrogens (tertiary/aromatic N) is 3. The summed E-state index contributed by atoms with van der Waals surface area (Å²) in [5.41, 5.74) is -1.03. The summed E-state index contributed by atoms with van der Waals surface area (Å²) in [4.78, 5) is 33.9. The summed E-state index contributed by atoms with van der Waals surface area (Å²) in [7, 11) is 0. The van der Waals surface area contributed by atoms with Crippen LogP contribution in [0, 0.1) is 11.6 Å². The second-order valence-corrected chi connectivity index (χ2v) is 9.71. The molecule has 13 heteroatoms. The van der Waals surface area contributed by atoms with E-state index in [0.717, 1.165) is 23.1 Å². The van der Waals surface area contributed by atoms with Gasteiger partial charge in [-0.05, 0) is 52.3 Å². The molecule has 1 aromatic heterocycles. The Morgan fingerprint density at radius 2 is 1.83 bits per heavy atom. The molecule has 36 heavy (non-hydrogen) atoms. The second kappa shape index (κ2) is 10.2. The van der Waals surface area contributed by atoms with Gasteiger partial charge in [0.25, 0.3) is 0 Å². The SMILES string of the molecule is C[C@@H](NC(=O)OC(C)(C)C)C(C(=O)N1CCc2c(Cl)nc(C(F)(F)F)nc2C1)c1cc(F)ccc1F. The highest BCUT2D eigenvalue weighted by atomic mass is 35.5. The maximum atomic E-state index is 14.7. The van der Waals surface area contributed by atoms with Crippen LogP contribution in [0.25, 0.3) is 0 Å². The van der Waals surface area contributed by atoms with Gasteiger partial charge in [0.1, 0.15) is 22.4 Å². The quantitative estimate of drug-likeness (QED) is 0.440. The number of aromatic nitrogens is 2. The molecule has 0 fully saturated rings. The van der Waals surface area contributed by atoms with Gasteiger partial charge in [0.05, 0.1) is 18.2 Å². The number of alkyl carbamates (subject to hydrolysis) is 1. The predicted octanol–water partition coefficient (Wildman–Crippen LogP) is 5.01. The molecule has 0 saturated carbocycles. The van der Waals surface area contributed by atoms with Crippen molar-refractivity contribution in [3.63, 3.8) is 0 Å². The summed E-state index contributed by atoms with van der Waals surface area (Å²) in [6, 6.07) is 1.48. The smallest absolute Gasteiger partial charge is 0.444 e. The number of ether oxygens (including phenoxy) is 1. The van der Waals surface area contributed by atoms with Gasteiger partial charge in [-0.1, -0.05) is 11.6 Å². The lowest BCUT2D eigenvalue weighted by Crippen LogP contribution is -2.48. The number of halogens is 6. The maximum absolute atomic E-state index is 14.7. The lowest BCUT2D eigenvalue weighted by molar-refractivity contribution is -0.145. The molecule has 1 aromatic carbocycles. The fraction of sp³-hybridized carbons (Fsp3) is 0.478. The van der Waals surface area contributed by atoms with E-state index >= 15 is 0 Å². The third kappa shape index (κ3) is 6.40. The van der Waals surface area contributed by atoms with Crippen molar-refractivity contribution in [2.24, 2.45) is 0 Å². The van der Waals surface area contributed by atoms with Crippen molar-refractivity contribution in [3.8, 4) is 0 Å². The minimum absolute atomic E-state index is 0.00682. The number of nitrogens with one attached hydrogen (secondary N) is 1. The first-order valence-electron chi connectivity index (χ1n) is 10.9. The first kappa shape index (κ1) is 27.6. The summed E-state index contributed by atoms with van der Waals surface area (Å²) >= 11 is 5.93. The van der Waals surface area contributed by atoms with Crippen molar-refractivity contribution in [2.45, 2.75) is 64.4 Å². The maximum Gasteiger partial charge on any atom is 0.451 e. The molecule has 1 aliphatic heterocycles. The average Bonchev–Trinajstić information content (AvgIpc) is 2.73. The lowest BCUT2D eigenvalue weighted by atomic mass is 9.89. The van der Waals surface area contributed by atoms with Gasteiger partial charge in [-0.15, -0.1) is 0 Å². The molecule has 0 aliphatic carbocycles. The zero-order valence-corrected chi connectivity index (χ0v) is 20.6. The molecule has 0 spiro atoms. The Kier molecular flexibility index (Phi) is 7.77. The highest BCUT2D eigenvalue weighted by Crippen LogP contribution is 2.33. The first-order chi connectivity index (χ1) is 16.6. The first-order valence-corrected chi connectivity index (χ1v) is 11.3. The van der Waals surface area contributed by atoms with Crippen molar-refractivity contribution < 1.29 is 36.3 Å². The van der Waals surface area contributed by atoms with Crippen LogP contribution in [0.5, 0.6) is 0 Å². The number of carbonyl (C=O) groups excluding carboxylic acids is 2. The van der Waals surface area contributed by atoms with Crippen LogP contribution in [0.4, 0.5) is 26.7 Å². The minimum atomic E-state index is -4.86. The Bertz CT molecular complexity index is 1170. The Hall–Kier alpha value is -3.02. The Morgan fingerprint density at radius 1 is 1.17 bits per heavy atom. The van der Waals surface area contributed by atoms with Crippen LogP contribution in [0.2, 0.25) is 5.15 Å². The number of hydrogen-bond acceptors (Lipinski definition) is 5. The number of rotatable bonds is 4. The van der Waals surface area contributed by atoms with Crippen LogP contribution in [0.1, 0.15) is 56.3 Å². The largest absolute Gasteiger partial charge is 0.451 e. The molecule has 0 saturated heterocycles.